The van der Waals surface area contributed by atoms with Crippen molar-refractivity contribution < 1.29 is 14.3 Å². The fourth-order valence-corrected chi connectivity index (χ4v) is 3.53. The second-order valence-electron chi connectivity index (χ2n) is 7.07. The number of aromatic amines is 1. The number of carbonyl (C=O) groups is 1. The lowest BCUT2D eigenvalue weighted by molar-refractivity contribution is 0.0790. The molecule has 1 aliphatic heterocycles. The first-order valence-electron chi connectivity index (χ1n) is 9.73. The number of pyridine rings is 1. The molecule has 2 aromatic heterocycles. The molecule has 1 atom stereocenters. The molecule has 150 valence electrons. The Morgan fingerprint density at radius 3 is 2.83 bits per heavy atom. The van der Waals surface area contributed by atoms with Gasteiger partial charge in [0.15, 0.2) is 0 Å². The van der Waals surface area contributed by atoms with Gasteiger partial charge in [0.05, 0.1) is 25.0 Å². The van der Waals surface area contributed by atoms with Gasteiger partial charge in [-0.05, 0) is 48.9 Å². The van der Waals surface area contributed by atoms with Gasteiger partial charge in [-0.15, -0.1) is 0 Å². The topological polar surface area (TPSA) is 80.3 Å². The number of nitrogens with zero attached hydrogens (tertiary/aromatic N) is 3. The van der Waals surface area contributed by atoms with Crippen molar-refractivity contribution in [2.45, 2.75) is 18.8 Å². The molecule has 1 aromatic carbocycles. The second-order valence-corrected chi connectivity index (χ2v) is 7.07. The second kappa shape index (κ2) is 8.77. The summed E-state index contributed by atoms with van der Waals surface area (Å²) in [6.07, 6.45) is 4.95. The van der Waals surface area contributed by atoms with Gasteiger partial charge in [-0.3, -0.25) is 14.9 Å². The van der Waals surface area contributed by atoms with Crippen LogP contribution in [0.1, 0.15) is 34.1 Å². The summed E-state index contributed by atoms with van der Waals surface area (Å²) in [7, 11) is 1.64. The highest BCUT2D eigenvalue weighted by atomic mass is 16.5. The fourth-order valence-electron chi connectivity index (χ4n) is 3.53. The lowest BCUT2D eigenvalue weighted by Gasteiger charge is -2.15. The summed E-state index contributed by atoms with van der Waals surface area (Å²) in [5.41, 5.74) is 2.67. The molecular formula is C22H24N4O3. The van der Waals surface area contributed by atoms with E-state index in [0.29, 0.717) is 18.7 Å². The van der Waals surface area contributed by atoms with E-state index in [9.17, 15) is 4.79 Å². The van der Waals surface area contributed by atoms with Gasteiger partial charge in [-0.25, -0.2) is 0 Å². The molecule has 3 aromatic rings. The number of amides is 1. The van der Waals surface area contributed by atoms with Crippen LogP contribution in [-0.2, 0) is 6.42 Å². The quantitative estimate of drug-likeness (QED) is 0.668. The zero-order valence-corrected chi connectivity index (χ0v) is 16.4. The highest BCUT2D eigenvalue weighted by Crippen LogP contribution is 2.27. The van der Waals surface area contributed by atoms with E-state index in [2.05, 4.69) is 21.2 Å². The van der Waals surface area contributed by atoms with Crippen LogP contribution in [0.3, 0.4) is 0 Å². The molecule has 1 aliphatic rings. The lowest BCUT2D eigenvalue weighted by Crippen LogP contribution is -2.28. The average Bonchev–Trinajstić information content (AvgIpc) is 3.44. The molecule has 1 fully saturated rings. The number of methoxy groups -OCH3 is 1. The van der Waals surface area contributed by atoms with E-state index in [1.807, 2.05) is 29.2 Å². The van der Waals surface area contributed by atoms with Crippen LogP contribution in [0.5, 0.6) is 11.5 Å². The molecule has 29 heavy (non-hydrogen) atoms. The smallest absolute Gasteiger partial charge is 0.255 e. The molecule has 0 saturated carbocycles. The van der Waals surface area contributed by atoms with Crippen molar-refractivity contribution in [3.8, 4) is 11.5 Å². The van der Waals surface area contributed by atoms with E-state index in [4.69, 9.17) is 9.47 Å². The third kappa shape index (κ3) is 4.56. The van der Waals surface area contributed by atoms with Crippen LogP contribution in [0.4, 0.5) is 0 Å². The van der Waals surface area contributed by atoms with Crippen LogP contribution in [0.15, 0.2) is 54.9 Å². The number of rotatable bonds is 7. The maximum atomic E-state index is 12.6. The van der Waals surface area contributed by atoms with Crippen molar-refractivity contribution >= 4 is 5.91 Å². The third-order valence-electron chi connectivity index (χ3n) is 5.15. The zero-order chi connectivity index (χ0) is 20.1. The van der Waals surface area contributed by atoms with E-state index in [0.717, 1.165) is 42.3 Å². The first kappa shape index (κ1) is 19.0. The number of likely N-dealkylation sites (tertiary alicyclic amines) is 1. The number of carbonyl (C=O) groups excluding carboxylic acids is 1. The van der Waals surface area contributed by atoms with Crippen molar-refractivity contribution in [3.05, 3.63) is 71.8 Å². The molecule has 0 unspecified atom stereocenters. The molecule has 0 spiro atoms. The summed E-state index contributed by atoms with van der Waals surface area (Å²) < 4.78 is 10.9. The Labute approximate surface area is 169 Å². The van der Waals surface area contributed by atoms with Crippen molar-refractivity contribution in [2.24, 2.45) is 0 Å². The normalized spacial score (nSPS) is 16.0. The molecule has 1 saturated heterocycles. The molecule has 0 radical (unpaired) electrons. The first-order chi connectivity index (χ1) is 14.2. The highest BCUT2D eigenvalue weighted by molar-refractivity contribution is 5.94. The van der Waals surface area contributed by atoms with Crippen LogP contribution in [0, 0.1) is 0 Å². The summed E-state index contributed by atoms with van der Waals surface area (Å²) in [4.78, 5) is 18.5. The number of benzene rings is 1. The first-order valence-corrected chi connectivity index (χ1v) is 9.73. The van der Waals surface area contributed by atoms with Crippen LogP contribution in [0.25, 0.3) is 0 Å². The van der Waals surface area contributed by atoms with E-state index < -0.39 is 0 Å². The van der Waals surface area contributed by atoms with Gasteiger partial charge < -0.3 is 14.4 Å². The fraction of sp³-hybridized carbons (Fsp3) is 0.318. The van der Waals surface area contributed by atoms with Gasteiger partial charge in [0.1, 0.15) is 11.5 Å². The summed E-state index contributed by atoms with van der Waals surface area (Å²) >= 11 is 0. The lowest BCUT2D eigenvalue weighted by atomic mass is 10.0. The standard InChI is InChI=1S/C22H24N4O3/c1-28-19-4-6-20(7-5-19)29-12-9-18-13-21(25-24-18)17-8-11-26(15-17)22(27)16-3-2-10-23-14-16/h2-7,10,13-14,17H,8-9,11-12,15H2,1H3,(H,24,25)/t17-/m1/s1. The number of hydrogen-bond donors (Lipinski definition) is 1. The molecule has 4 rings (SSSR count). The Bertz CT molecular complexity index is 940. The Kier molecular flexibility index (Phi) is 5.74. The number of nitrogens with one attached hydrogen (secondary N) is 1. The Balaban J connectivity index is 1.28. The number of hydrogen-bond acceptors (Lipinski definition) is 5. The maximum Gasteiger partial charge on any atom is 0.255 e. The van der Waals surface area contributed by atoms with Crippen LogP contribution in [0.2, 0.25) is 0 Å². The maximum absolute atomic E-state index is 12.6. The molecule has 1 amide bonds. The van der Waals surface area contributed by atoms with Gasteiger partial charge in [-0.2, -0.15) is 5.10 Å². The SMILES string of the molecule is COc1ccc(OCCc2cc([C@@H]3CCN(C(=O)c4cccnc4)C3)n[nH]2)cc1. The summed E-state index contributed by atoms with van der Waals surface area (Å²) in [5, 5.41) is 7.57. The molecule has 3 heterocycles. The van der Waals surface area contributed by atoms with Crippen molar-refractivity contribution in [3.63, 3.8) is 0 Å². The van der Waals surface area contributed by atoms with Crippen molar-refractivity contribution in [2.75, 3.05) is 26.8 Å². The van der Waals surface area contributed by atoms with Gasteiger partial charge in [0, 0.05) is 43.5 Å². The predicted molar refractivity (Wildman–Crippen MR) is 108 cm³/mol. The Morgan fingerprint density at radius 2 is 2.07 bits per heavy atom. The molecule has 7 nitrogen and oxygen atoms in total. The van der Waals surface area contributed by atoms with E-state index in [1.54, 1.807) is 31.6 Å². The van der Waals surface area contributed by atoms with Crippen LogP contribution < -0.4 is 9.47 Å². The predicted octanol–water partition coefficient (Wildman–Crippen LogP) is 3.06. The van der Waals surface area contributed by atoms with E-state index in [1.165, 1.54) is 0 Å². The van der Waals surface area contributed by atoms with Gasteiger partial charge in [0.25, 0.3) is 5.91 Å². The Morgan fingerprint density at radius 1 is 1.24 bits per heavy atom. The minimum absolute atomic E-state index is 0.0317. The monoisotopic (exact) mass is 392 g/mol. The van der Waals surface area contributed by atoms with Gasteiger partial charge >= 0.3 is 0 Å². The molecule has 1 N–H and O–H groups in total. The molecule has 0 bridgehead atoms. The summed E-state index contributed by atoms with van der Waals surface area (Å²) in [6.45, 7) is 1.98. The average molecular weight is 392 g/mol. The van der Waals surface area contributed by atoms with E-state index >= 15 is 0 Å². The summed E-state index contributed by atoms with van der Waals surface area (Å²) in [5.74, 6) is 1.90. The molecule has 0 aliphatic carbocycles. The highest BCUT2D eigenvalue weighted by Gasteiger charge is 2.29. The van der Waals surface area contributed by atoms with Gasteiger partial charge in [0.2, 0.25) is 0 Å². The zero-order valence-electron chi connectivity index (χ0n) is 16.4. The minimum Gasteiger partial charge on any atom is -0.497 e. The largest absolute Gasteiger partial charge is 0.497 e. The molecule has 7 heteroatoms. The minimum atomic E-state index is 0.0317. The summed E-state index contributed by atoms with van der Waals surface area (Å²) in [6, 6.07) is 13.2. The number of ether oxygens (including phenoxy) is 2. The third-order valence-corrected chi connectivity index (χ3v) is 5.15. The Hall–Kier alpha value is -3.35. The van der Waals surface area contributed by atoms with Crippen molar-refractivity contribution in [1.82, 2.24) is 20.1 Å². The van der Waals surface area contributed by atoms with E-state index in [-0.39, 0.29) is 11.8 Å². The van der Waals surface area contributed by atoms with Crippen molar-refractivity contribution in [1.29, 1.82) is 0 Å². The number of H-pyrrole nitrogens is 1. The number of aromatic nitrogens is 3. The van der Waals surface area contributed by atoms with Gasteiger partial charge in [-0.1, -0.05) is 0 Å². The molecular weight excluding hydrogens is 368 g/mol. The van der Waals surface area contributed by atoms with Crippen LogP contribution >= 0.6 is 0 Å². The van der Waals surface area contributed by atoms with Crippen LogP contribution in [-0.4, -0.2) is 52.8 Å².